The Morgan fingerprint density at radius 1 is 1.38 bits per heavy atom. The van der Waals surface area contributed by atoms with Crippen molar-refractivity contribution in [2.24, 2.45) is 11.1 Å². The average Bonchev–Trinajstić information content (AvgIpc) is 2.42. The van der Waals surface area contributed by atoms with E-state index < -0.39 is 23.1 Å². The highest BCUT2D eigenvalue weighted by molar-refractivity contribution is 5.90. The van der Waals surface area contributed by atoms with Crippen LogP contribution in [0.1, 0.15) is 19.8 Å². The summed E-state index contributed by atoms with van der Waals surface area (Å²) in [6.07, 6.45) is 1.17. The number of nitrogens with one attached hydrogen (secondary N) is 2. The molecular weight excluding hydrogens is 278 g/mol. The molecule has 0 spiro atoms. The fourth-order valence-corrected chi connectivity index (χ4v) is 2.26. The van der Waals surface area contributed by atoms with Gasteiger partial charge in [0.05, 0.1) is 11.5 Å². The van der Waals surface area contributed by atoms with Gasteiger partial charge in [-0.15, -0.1) is 0 Å². The Balaban J connectivity index is 1.98. The van der Waals surface area contributed by atoms with Crippen LogP contribution in [-0.2, 0) is 0 Å². The highest BCUT2D eigenvalue weighted by Gasteiger charge is 2.34. The number of urea groups is 1. The summed E-state index contributed by atoms with van der Waals surface area (Å²) in [5.74, 6) is -1.39. The van der Waals surface area contributed by atoms with Crippen molar-refractivity contribution < 1.29 is 13.6 Å². The van der Waals surface area contributed by atoms with E-state index in [1.165, 1.54) is 11.0 Å². The molecule has 7 heteroatoms. The van der Waals surface area contributed by atoms with Gasteiger partial charge in [0, 0.05) is 24.6 Å². The Morgan fingerprint density at radius 2 is 2.00 bits per heavy atom. The minimum atomic E-state index is -0.811. The Labute approximate surface area is 121 Å². The molecule has 114 valence electrons. The van der Waals surface area contributed by atoms with Crippen LogP contribution in [0.5, 0.6) is 0 Å². The van der Waals surface area contributed by atoms with Gasteiger partial charge < -0.3 is 16.0 Å². The van der Waals surface area contributed by atoms with E-state index in [1.54, 1.807) is 0 Å². The molecule has 2 rings (SSSR count). The van der Waals surface area contributed by atoms with E-state index in [4.69, 9.17) is 11.1 Å². The number of nitrogens with two attached hydrogens (primary N) is 1. The standard InChI is InChI=1S/C14H18F2N4O/c1-14(12(17)18)4-6-20(7-5-14)13(21)19-11-3-2-9(15)8-10(11)16/h2-3,8H,4-7H2,1H3,(H3,17,18)(H,19,21). The van der Waals surface area contributed by atoms with Crippen LogP contribution in [0.2, 0.25) is 0 Å². The monoisotopic (exact) mass is 296 g/mol. The van der Waals surface area contributed by atoms with E-state index in [2.05, 4.69) is 5.32 Å². The summed E-state index contributed by atoms with van der Waals surface area (Å²) >= 11 is 0. The topological polar surface area (TPSA) is 82.2 Å². The lowest BCUT2D eigenvalue weighted by molar-refractivity contribution is 0.170. The largest absolute Gasteiger partial charge is 0.387 e. The molecule has 0 atom stereocenters. The number of hydrogen-bond acceptors (Lipinski definition) is 2. The molecule has 1 aliphatic heterocycles. The van der Waals surface area contributed by atoms with Crippen LogP contribution in [0.25, 0.3) is 0 Å². The SMILES string of the molecule is CC1(C(=N)N)CCN(C(=O)Nc2ccc(F)cc2F)CC1. The van der Waals surface area contributed by atoms with Gasteiger partial charge in [0.25, 0.3) is 0 Å². The molecule has 1 saturated heterocycles. The molecule has 0 saturated carbocycles. The quantitative estimate of drug-likeness (QED) is 0.579. The van der Waals surface area contributed by atoms with Gasteiger partial charge >= 0.3 is 6.03 Å². The van der Waals surface area contributed by atoms with Crippen LogP contribution in [0.15, 0.2) is 18.2 Å². The second-order valence-electron chi connectivity index (χ2n) is 5.52. The molecule has 2 amide bonds. The van der Waals surface area contributed by atoms with E-state index in [0.29, 0.717) is 25.9 Å². The zero-order valence-corrected chi connectivity index (χ0v) is 11.7. The summed E-state index contributed by atoms with van der Waals surface area (Å²) in [6, 6.07) is 2.55. The third-order valence-electron chi connectivity index (χ3n) is 3.98. The zero-order chi connectivity index (χ0) is 15.6. The Morgan fingerprint density at radius 3 is 2.52 bits per heavy atom. The summed E-state index contributed by atoms with van der Waals surface area (Å²) in [6.45, 7) is 2.76. The fraction of sp³-hybridized carbons (Fsp3) is 0.429. The van der Waals surface area contributed by atoms with Crippen molar-refractivity contribution in [1.82, 2.24) is 4.90 Å². The van der Waals surface area contributed by atoms with Crippen molar-refractivity contribution >= 4 is 17.6 Å². The van der Waals surface area contributed by atoms with Crippen molar-refractivity contribution in [2.45, 2.75) is 19.8 Å². The number of carbonyl (C=O) groups is 1. The Hall–Kier alpha value is -2.18. The molecule has 1 heterocycles. The molecule has 0 aliphatic carbocycles. The molecule has 4 N–H and O–H groups in total. The first-order valence-corrected chi connectivity index (χ1v) is 6.67. The van der Waals surface area contributed by atoms with Crippen LogP contribution < -0.4 is 11.1 Å². The molecule has 1 aromatic carbocycles. The normalized spacial score (nSPS) is 17.4. The Bertz CT molecular complexity index is 568. The molecule has 1 aliphatic rings. The summed E-state index contributed by atoms with van der Waals surface area (Å²) < 4.78 is 26.3. The van der Waals surface area contributed by atoms with Crippen molar-refractivity contribution in [2.75, 3.05) is 18.4 Å². The lowest BCUT2D eigenvalue weighted by atomic mass is 9.79. The zero-order valence-electron chi connectivity index (χ0n) is 11.7. The first-order valence-electron chi connectivity index (χ1n) is 6.67. The van der Waals surface area contributed by atoms with Crippen molar-refractivity contribution in [3.05, 3.63) is 29.8 Å². The average molecular weight is 296 g/mol. The number of rotatable bonds is 2. The number of amides is 2. The lowest BCUT2D eigenvalue weighted by Crippen LogP contribution is -2.48. The van der Waals surface area contributed by atoms with Crippen LogP contribution in [-0.4, -0.2) is 29.9 Å². The smallest absolute Gasteiger partial charge is 0.321 e. The van der Waals surface area contributed by atoms with Crippen molar-refractivity contribution in [1.29, 1.82) is 5.41 Å². The van der Waals surface area contributed by atoms with E-state index in [0.717, 1.165) is 12.1 Å². The predicted octanol–water partition coefficient (Wildman–Crippen LogP) is 2.53. The maximum Gasteiger partial charge on any atom is 0.321 e. The highest BCUT2D eigenvalue weighted by atomic mass is 19.1. The molecule has 0 radical (unpaired) electrons. The minimum absolute atomic E-state index is 0.0543. The second kappa shape index (κ2) is 5.67. The molecule has 5 nitrogen and oxygen atoms in total. The van der Waals surface area contributed by atoms with Gasteiger partial charge in [-0.3, -0.25) is 5.41 Å². The van der Waals surface area contributed by atoms with Gasteiger partial charge in [-0.1, -0.05) is 6.92 Å². The van der Waals surface area contributed by atoms with E-state index >= 15 is 0 Å². The number of hydrogen-bond donors (Lipinski definition) is 3. The van der Waals surface area contributed by atoms with Crippen LogP contribution >= 0.6 is 0 Å². The third-order valence-corrected chi connectivity index (χ3v) is 3.98. The van der Waals surface area contributed by atoms with E-state index in [1.807, 2.05) is 6.92 Å². The fourth-order valence-electron chi connectivity index (χ4n) is 2.26. The molecular formula is C14H18F2N4O. The van der Waals surface area contributed by atoms with Gasteiger partial charge in [-0.05, 0) is 25.0 Å². The van der Waals surface area contributed by atoms with Gasteiger partial charge in [0.15, 0.2) is 0 Å². The summed E-state index contributed by atoms with van der Waals surface area (Å²) in [4.78, 5) is 13.6. The third kappa shape index (κ3) is 3.29. The van der Waals surface area contributed by atoms with Crippen molar-refractivity contribution in [3.8, 4) is 0 Å². The molecule has 1 aromatic rings. The van der Waals surface area contributed by atoms with Gasteiger partial charge in [-0.2, -0.15) is 0 Å². The number of anilines is 1. The number of carbonyl (C=O) groups excluding carboxylic acids is 1. The molecule has 0 aromatic heterocycles. The number of likely N-dealkylation sites (tertiary alicyclic amines) is 1. The van der Waals surface area contributed by atoms with Gasteiger partial charge in [0.1, 0.15) is 11.6 Å². The highest BCUT2D eigenvalue weighted by Crippen LogP contribution is 2.30. The second-order valence-corrected chi connectivity index (χ2v) is 5.52. The van der Waals surface area contributed by atoms with Crippen molar-refractivity contribution in [3.63, 3.8) is 0 Å². The summed E-state index contributed by atoms with van der Waals surface area (Å²) in [7, 11) is 0. The predicted molar refractivity (Wildman–Crippen MR) is 76.2 cm³/mol. The molecule has 21 heavy (non-hydrogen) atoms. The van der Waals surface area contributed by atoms with E-state index in [9.17, 15) is 13.6 Å². The van der Waals surface area contributed by atoms with Gasteiger partial charge in [0.2, 0.25) is 0 Å². The molecule has 1 fully saturated rings. The summed E-state index contributed by atoms with van der Waals surface area (Å²) in [5.41, 5.74) is 5.11. The number of piperidine rings is 1. The lowest BCUT2D eigenvalue weighted by Gasteiger charge is -2.38. The maximum atomic E-state index is 13.5. The van der Waals surface area contributed by atoms with Crippen LogP contribution in [0.3, 0.4) is 0 Å². The van der Waals surface area contributed by atoms with Crippen LogP contribution in [0.4, 0.5) is 19.3 Å². The molecule has 0 bridgehead atoms. The first-order chi connectivity index (χ1) is 9.82. The summed E-state index contributed by atoms with van der Waals surface area (Å²) in [5, 5.41) is 9.98. The minimum Gasteiger partial charge on any atom is -0.387 e. The number of nitrogens with zero attached hydrogens (tertiary/aromatic N) is 1. The van der Waals surface area contributed by atoms with Gasteiger partial charge in [-0.25, -0.2) is 13.6 Å². The maximum absolute atomic E-state index is 13.5. The van der Waals surface area contributed by atoms with E-state index in [-0.39, 0.29) is 11.5 Å². The Kier molecular flexibility index (Phi) is 4.11. The van der Waals surface area contributed by atoms with Crippen LogP contribution in [0, 0.1) is 22.5 Å². The first kappa shape index (κ1) is 15.2. The number of amidine groups is 1. The number of halogens is 2. The molecule has 0 unspecified atom stereocenters. The number of benzene rings is 1.